The molecule has 1 aliphatic carbocycles. The first-order valence-electron chi connectivity index (χ1n) is 6.38. The number of nitrogens with two attached hydrogens (primary N) is 1. The van der Waals surface area contributed by atoms with Crippen LogP contribution in [0, 0.1) is 5.92 Å². The van der Waals surface area contributed by atoms with Gasteiger partial charge in [0.15, 0.2) is 5.65 Å². The van der Waals surface area contributed by atoms with Crippen molar-refractivity contribution < 1.29 is 0 Å². The van der Waals surface area contributed by atoms with Gasteiger partial charge >= 0.3 is 0 Å². The van der Waals surface area contributed by atoms with E-state index in [1.54, 1.807) is 0 Å². The molecule has 0 aliphatic heterocycles. The van der Waals surface area contributed by atoms with Crippen molar-refractivity contribution in [3.63, 3.8) is 0 Å². The molecule has 1 atom stereocenters. The molecule has 0 radical (unpaired) electrons. The van der Waals surface area contributed by atoms with Crippen LogP contribution in [0.3, 0.4) is 0 Å². The summed E-state index contributed by atoms with van der Waals surface area (Å²) in [7, 11) is 0. The average molecular weight is 230 g/mol. The van der Waals surface area contributed by atoms with Crippen molar-refractivity contribution in [2.24, 2.45) is 5.92 Å². The minimum atomic E-state index is 0.447. The fourth-order valence-electron chi connectivity index (χ4n) is 2.50. The molecule has 0 aromatic carbocycles. The second kappa shape index (κ2) is 4.02. The van der Waals surface area contributed by atoms with Crippen molar-refractivity contribution in [1.82, 2.24) is 14.5 Å². The Morgan fingerprint density at radius 1 is 1.53 bits per heavy atom. The summed E-state index contributed by atoms with van der Waals surface area (Å²) < 4.78 is 2.12. The predicted molar refractivity (Wildman–Crippen MR) is 68.6 cm³/mol. The molecule has 1 unspecified atom stereocenters. The summed E-state index contributed by atoms with van der Waals surface area (Å²) in [5.41, 5.74) is 7.87. The molecule has 2 N–H and O–H groups in total. The highest BCUT2D eigenvalue weighted by Gasteiger charge is 2.27. The Hall–Kier alpha value is -1.58. The number of aromatic nitrogens is 3. The molecule has 0 saturated heterocycles. The molecule has 2 heterocycles. The first-order valence-corrected chi connectivity index (χ1v) is 6.38. The number of fused-ring (bicyclic) bond motifs is 1. The molecule has 90 valence electrons. The molecule has 2 aromatic heterocycles. The number of hydrogen-bond acceptors (Lipinski definition) is 3. The van der Waals surface area contributed by atoms with Gasteiger partial charge in [-0.1, -0.05) is 19.8 Å². The Bertz CT molecular complexity index is 527. The molecular formula is C13H18N4. The van der Waals surface area contributed by atoms with Crippen LogP contribution >= 0.6 is 0 Å². The van der Waals surface area contributed by atoms with Crippen LogP contribution in [0.5, 0.6) is 0 Å². The van der Waals surface area contributed by atoms with Crippen LogP contribution in [0.2, 0.25) is 0 Å². The van der Waals surface area contributed by atoms with Crippen LogP contribution in [0.1, 0.15) is 38.6 Å². The Kier molecular flexibility index (Phi) is 2.50. The average Bonchev–Trinajstić information content (AvgIpc) is 3.08. The summed E-state index contributed by atoms with van der Waals surface area (Å²) in [4.78, 5) is 8.81. The van der Waals surface area contributed by atoms with E-state index in [4.69, 9.17) is 5.73 Å². The Balaban J connectivity index is 2.03. The van der Waals surface area contributed by atoms with Crippen LogP contribution in [0.4, 0.5) is 5.95 Å². The molecule has 0 spiro atoms. The number of nitrogen functional groups attached to an aromatic ring is 1. The van der Waals surface area contributed by atoms with Crippen molar-refractivity contribution >= 4 is 17.1 Å². The zero-order valence-corrected chi connectivity index (χ0v) is 10.1. The molecule has 4 heteroatoms. The SMILES string of the molecule is CCC(CC1CC1)n1c(N)nc2cccnc21. The largest absolute Gasteiger partial charge is 0.369 e. The predicted octanol–water partition coefficient (Wildman–Crippen LogP) is 2.76. The van der Waals surface area contributed by atoms with Crippen LogP contribution < -0.4 is 5.73 Å². The summed E-state index contributed by atoms with van der Waals surface area (Å²) in [6, 6.07) is 4.32. The topological polar surface area (TPSA) is 56.7 Å². The first-order chi connectivity index (χ1) is 8.29. The number of imidazole rings is 1. The van der Waals surface area contributed by atoms with Gasteiger partial charge in [-0.2, -0.15) is 0 Å². The summed E-state index contributed by atoms with van der Waals surface area (Å²) in [5.74, 6) is 1.49. The van der Waals surface area contributed by atoms with Crippen LogP contribution in [0.25, 0.3) is 11.2 Å². The second-order valence-corrected chi connectivity index (χ2v) is 4.93. The van der Waals surface area contributed by atoms with Crippen molar-refractivity contribution in [2.45, 2.75) is 38.6 Å². The van der Waals surface area contributed by atoms with Gasteiger partial charge in [-0.25, -0.2) is 9.97 Å². The molecule has 1 aliphatic rings. The third-order valence-electron chi connectivity index (χ3n) is 3.61. The van der Waals surface area contributed by atoms with Gasteiger partial charge in [-0.3, -0.25) is 4.57 Å². The number of rotatable bonds is 4. The normalized spacial score (nSPS) is 17.5. The van der Waals surface area contributed by atoms with Crippen molar-refractivity contribution in [2.75, 3.05) is 5.73 Å². The van der Waals surface area contributed by atoms with Gasteiger partial charge in [-0.15, -0.1) is 0 Å². The maximum absolute atomic E-state index is 6.04. The lowest BCUT2D eigenvalue weighted by molar-refractivity contribution is 0.441. The van der Waals surface area contributed by atoms with Crippen LogP contribution in [0.15, 0.2) is 18.3 Å². The molecule has 1 saturated carbocycles. The van der Waals surface area contributed by atoms with Crippen molar-refractivity contribution in [1.29, 1.82) is 0 Å². The number of pyridine rings is 1. The summed E-state index contributed by atoms with van der Waals surface area (Å²) in [6.45, 7) is 2.21. The Labute approximate surface area is 101 Å². The molecule has 0 amide bonds. The fourth-order valence-corrected chi connectivity index (χ4v) is 2.50. The lowest BCUT2D eigenvalue weighted by atomic mass is 10.1. The van der Waals surface area contributed by atoms with Crippen molar-refractivity contribution in [3.8, 4) is 0 Å². The third kappa shape index (κ3) is 1.88. The van der Waals surface area contributed by atoms with Gasteiger partial charge in [0.05, 0.1) is 0 Å². The van der Waals surface area contributed by atoms with E-state index in [-0.39, 0.29) is 0 Å². The van der Waals surface area contributed by atoms with Gasteiger partial charge in [0.2, 0.25) is 5.95 Å². The summed E-state index contributed by atoms with van der Waals surface area (Å²) >= 11 is 0. The number of anilines is 1. The molecule has 3 rings (SSSR count). The van der Waals surface area contributed by atoms with Gasteiger partial charge in [0, 0.05) is 12.2 Å². The quantitative estimate of drug-likeness (QED) is 0.878. The van der Waals surface area contributed by atoms with Crippen LogP contribution in [-0.4, -0.2) is 14.5 Å². The summed E-state index contributed by atoms with van der Waals surface area (Å²) in [6.07, 6.45) is 6.85. The monoisotopic (exact) mass is 230 g/mol. The van der Waals surface area contributed by atoms with E-state index >= 15 is 0 Å². The van der Waals surface area contributed by atoms with E-state index < -0.39 is 0 Å². The highest BCUT2D eigenvalue weighted by atomic mass is 15.2. The van der Waals surface area contributed by atoms with E-state index in [9.17, 15) is 0 Å². The van der Waals surface area contributed by atoms with E-state index in [0.29, 0.717) is 12.0 Å². The zero-order chi connectivity index (χ0) is 11.8. The zero-order valence-electron chi connectivity index (χ0n) is 10.1. The third-order valence-corrected chi connectivity index (χ3v) is 3.61. The molecule has 0 bridgehead atoms. The highest BCUT2D eigenvalue weighted by Crippen LogP contribution is 2.39. The molecule has 2 aromatic rings. The summed E-state index contributed by atoms with van der Waals surface area (Å²) in [5, 5.41) is 0. The van der Waals surface area contributed by atoms with Gasteiger partial charge in [0.25, 0.3) is 0 Å². The lowest BCUT2D eigenvalue weighted by Crippen LogP contribution is -2.12. The van der Waals surface area contributed by atoms with E-state index in [2.05, 4.69) is 21.5 Å². The van der Waals surface area contributed by atoms with Gasteiger partial charge in [0.1, 0.15) is 5.52 Å². The second-order valence-electron chi connectivity index (χ2n) is 4.93. The maximum atomic E-state index is 6.04. The van der Waals surface area contributed by atoms with E-state index in [1.165, 1.54) is 19.3 Å². The minimum absolute atomic E-state index is 0.447. The van der Waals surface area contributed by atoms with Crippen molar-refractivity contribution in [3.05, 3.63) is 18.3 Å². The highest BCUT2D eigenvalue weighted by molar-refractivity contribution is 5.73. The van der Waals surface area contributed by atoms with Crippen LogP contribution in [-0.2, 0) is 0 Å². The molecule has 17 heavy (non-hydrogen) atoms. The molecule has 1 fully saturated rings. The first kappa shape index (κ1) is 10.6. The lowest BCUT2D eigenvalue weighted by Gasteiger charge is -2.18. The maximum Gasteiger partial charge on any atom is 0.202 e. The van der Waals surface area contributed by atoms with Gasteiger partial charge < -0.3 is 5.73 Å². The molecule has 4 nitrogen and oxygen atoms in total. The fraction of sp³-hybridized carbons (Fsp3) is 0.538. The Morgan fingerprint density at radius 2 is 2.35 bits per heavy atom. The standard InChI is InChI=1S/C13H18N4/c1-2-10(8-9-5-6-9)17-12-11(16-13(17)14)4-3-7-15-12/h3-4,7,9-10H,2,5-6,8H2,1H3,(H2,14,16). The minimum Gasteiger partial charge on any atom is -0.369 e. The van der Waals surface area contributed by atoms with E-state index in [0.717, 1.165) is 23.5 Å². The number of nitrogens with zero attached hydrogens (tertiary/aromatic N) is 3. The molecular weight excluding hydrogens is 212 g/mol. The van der Waals surface area contributed by atoms with Gasteiger partial charge in [-0.05, 0) is 30.9 Å². The smallest absolute Gasteiger partial charge is 0.202 e. The Morgan fingerprint density at radius 3 is 3.06 bits per heavy atom. The van der Waals surface area contributed by atoms with E-state index in [1.807, 2.05) is 18.3 Å². The number of hydrogen-bond donors (Lipinski definition) is 1.